The van der Waals surface area contributed by atoms with Crippen molar-refractivity contribution in [1.82, 2.24) is 0 Å². The Bertz CT molecular complexity index is 371. The standard InChI is InChI=1S/C14H20O3/c1-4-7-13(14(15)16)17-12-9-6-5-8-11(12)10(2)3/h5-6,8-10,13H,4,7H2,1-3H3,(H,15,16). The van der Waals surface area contributed by atoms with E-state index in [1.54, 1.807) is 0 Å². The Kier molecular flexibility index (Phi) is 5.01. The molecular formula is C14H20O3. The second kappa shape index (κ2) is 6.28. The van der Waals surface area contributed by atoms with Crippen LogP contribution in [-0.2, 0) is 4.79 Å². The van der Waals surface area contributed by atoms with Crippen molar-refractivity contribution in [1.29, 1.82) is 0 Å². The van der Waals surface area contributed by atoms with Crippen LogP contribution in [-0.4, -0.2) is 17.2 Å². The van der Waals surface area contributed by atoms with Gasteiger partial charge in [-0.1, -0.05) is 45.4 Å². The summed E-state index contributed by atoms with van der Waals surface area (Å²) >= 11 is 0. The largest absolute Gasteiger partial charge is 0.479 e. The fraction of sp³-hybridized carbons (Fsp3) is 0.500. The van der Waals surface area contributed by atoms with Crippen LogP contribution < -0.4 is 4.74 Å². The quantitative estimate of drug-likeness (QED) is 0.823. The van der Waals surface area contributed by atoms with Crippen LogP contribution in [0.1, 0.15) is 45.1 Å². The number of carboxylic acid groups (broad SMARTS) is 1. The smallest absolute Gasteiger partial charge is 0.344 e. The maximum atomic E-state index is 11.0. The van der Waals surface area contributed by atoms with Gasteiger partial charge in [0.2, 0.25) is 0 Å². The number of ether oxygens (including phenoxy) is 1. The number of aliphatic carboxylic acids is 1. The van der Waals surface area contributed by atoms with Crippen molar-refractivity contribution >= 4 is 5.97 Å². The molecule has 3 heteroatoms. The molecule has 1 unspecified atom stereocenters. The summed E-state index contributed by atoms with van der Waals surface area (Å²) in [6, 6.07) is 7.62. The van der Waals surface area contributed by atoms with Gasteiger partial charge in [-0.05, 0) is 24.0 Å². The van der Waals surface area contributed by atoms with E-state index < -0.39 is 12.1 Å². The Morgan fingerprint density at radius 2 is 2.00 bits per heavy atom. The highest BCUT2D eigenvalue weighted by molar-refractivity contribution is 5.72. The van der Waals surface area contributed by atoms with Gasteiger partial charge in [0.05, 0.1) is 0 Å². The topological polar surface area (TPSA) is 46.5 Å². The van der Waals surface area contributed by atoms with Gasteiger partial charge in [-0.25, -0.2) is 4.79 Å². The molecule has 0 saturated carbocycles. The molecule has 0 fully saturated rings. The third-order valence-corrected chi connectivity index (χ3v) is 2.64. The fourth-order valence-corrected chi connectivity index (χ4v) is 1.71. The molecule has 94 valence electrons. The minimum absolute atomic E-state index is 0.322. The SMILES string of the molecule is CCCC(Oc1ccccc1C(C)C)C(=O)O. The Labute approximate surface area is 102 Å². The molecule has 0 radical (unpaired) electrons. The van der Waals surface area contributed by atoms with Gasteiger partial charge in [-0.3, -0.25) is 0 Å². The number of rotatable bonds is 6. The van der Waals surface area contributed by atoms with E-state index in [1.807, 2.05) is 31.2 Å². The highest BCUT2D eigenvalue weighted by atomic mass is 16.5. The predicted octanol–water partition coefficient (Wildman–Crippen LogP) is 3.44. The molecule has 0 spiro atoms. The molecule has 3 nitrogen and oxygen atoms in total. The molecule has 0 heterocycles. The van der Waals surface area contributed by atoms with Gasteiger partial charge >= 0.3 is 5.97 Å². The first kappa shape index (κ1) is 13.6. The summed E-state index contributed by atoms with van der Waals surface area (Å²) < 4.78 is 5.61. The third-order valence-electron chi connectivity index (χ3n) is 2.64. The van der Waals surface area contributed by atoms with Crippen LogP contribution >= 0.6 is 0 Å². The summed E-state index contributed by atoms with van der Waals surface area (Å²) in [6.45, 7) is 6.09. The number of para-hydroxylation sites is 1. The van der Waals surface area contributed by atoms with Gasteiger partial charge in [0.15, 0.2) is 6.10 Å². The summed E-state index contributed by atoms with van der Waals surface area (Å²) in [5, 5.41) is 9.07. The van der Waals surface area contributed by atoms with E-state index in [4.69, 9.17) is 9.84 Å². The second-order valence-corrected chi connectivity index (χ2v) is 4.43. The first-order valence-corrected chi connectivity index (χ1v) is 6.04. The van der Waals surface area contributed by atoms with E-state index in [0.29, 0.717) is 18.1 Å². The molecule has 1 N–H and O–H groups in total. The molecule has 0 amide bonds. The average Bonchev–Trinajstić information content (AvgIpc) is 2.28. The van der Waals surface area contributed by atoms with E-state index in [0.717, 1.165) is 12.0 Å². The molecule has 0 aromatic heterocycles. The molecule has 0 aliphatic carbocycles. The average molecular weight is 236 g/mol. The third kappa shape index (κ3) is 3.77. The normalized spacial score (nSPS) is 12.5. The van der Waals surface area contributed by atoms with Crippen molar-refractivity contribution in [2.45, 2.75) is 45.6 Å². The Morgan fingerprint density at radius 3 is 2.53 bits per heavy atom. The first-order chi connectivity index (χ1) is 8.06. The summed E-state index contributed by atoms with van der Waals surface area (Å²) in [4.78, 5) is 11.0. The lowest BCUT2D eigenvalue weighted by Crippen LogP contribution is -2.27. The molecule has 1 atom stereocenters. The number of carboxylic acids is 1. The lowest BCUT2D eigenvalue weighted by Gasteiger charge is -2.18. The van der Waals surface area contributed by atoms with Gasteiger partial charge in [0, 0.05) is 0 Å². The van der Waals surface area contributed by atoms with Gasteiger partial charge in [0.25, 0.3) is 0 Å². The van der Waals surface area contributed by atoms with E-state index in [9.17, 15) is 4.79 Å². The summed E-state index contributed by atoms with van der Waals surface area (Å²) in [7, 11) is 0. The number of hydrogen-bond donors (Lipinski definition) is 1. The van der Waals surface area contributed by atoms with E-state index in [2.05, 4.69) is 13.8 Å². The molecule has 0 aliphatic rings. The van der Waals surface area contributed by atoms with Gasteiger partial charge < -0.3 is 9.84 Å². The van der Waals surface area contributed by atoms with Crippen molar-refractivity contribution < 1.29 is 14.6 Å². The molecule has 1 aromatic carbocycles. The minimum Gasteiger partial charge on any atom is -0.479 e. The summed E-state index contributed by atoms with van der Waals surface area (Å²) in [6.07, 6.45) is 0.572. The molecule has 1 rings (SSSR count). The van der Waals surface area contributed by atoms with Crippen LogP contribution in [0.3, 0.4) is 0 Å². The molecule has 0 saturated heterocycles. The van der Waals surface area contributed by atoms with E-state index >= 15 is 0 Å². The highest BCUT2D eigenvalue weighted by Crippen LogP contribution is 2.27. The van der Waals surface area contributed by atoms with Gasteiger partial charge in [0.1, 0.15) is 5.75 Å². The Balaban J connectivity index is 2.88. The Hall–Kier alpha value is -1.51. The minimum atomic E-state index is -0.898. The van der Waals surface area contributed by atoms with Gasteiger partial charge in [-0.15, -0.1) is 0 Å². The van der Waals surface area contributed by atoms with Crippen molar-refractivity contribution in [2.24, 2.45) is 0 Å². The maximum absolute atomic E-state index is 11.0. The molecular weight excluding hydrogens is 216 g/mol. The van der Waals surface area contributed by atoms with Crippen LogP contribution in [0.25, 0.3) is 0 Å². The van der Waals surface area contributed by atoms with Crippen LogP contribution in [0.4, 0.5) is 0 Å². The molecule has 17 heavy (non-hydrogen) atoms. The lowest BCUT2D eigenvalue weighted by atomic mass is 10.0. The van der Waals surface area contributed by atoms with Crippen LogP contribution in [0.2, 0.25) is 0 Å². The Morgan fingerprint density at radius 1 is 1.35 bits per heavy atom. The van der Waals surface area contributed by atoms with Crippen molar-refractivity contribution in [3.63, 3.8) is 0 Å². The van der Waals surface area contributed by atoms with Crippen LogP contribution in [0.5, 0.6) is 5.75 Å². The molecule has 0 aliphatic heterocycles. The zero-order chi connectivity index (χ0) is 12.8. The van der Waals surface area contributed by atoms with E-state index in [-0.39, 0.29) is 0 Å². The summed E-state index contributed by atoms with van der Waals surface area (Å²) in [5.41, 5.74) is 1.05. The second-order valence-electron chi connectivity index (χ2n) is 4.43. The highest BCUT2D eigenvalue weighted by Gasteiger charge is 2.19. The predicted molar refractivity (Wildman–Crippen MR) is 67.5 cm³/mol. The zero-order valence-electron chi connectivity index (χ0n) is 10.6. The van der Waals surface area contributed by atoms with Gasteiger partial charge in [-0.2, -0.15) is 0 Å². The summed E-state index contributed by atoms with van der Waals surface area (Å²) in [5.74, 6) is 0.107. The zero-order valence-corrected chi connectivity index (χ0v) is 10.6. The fourth-order valence-electron chi connectivity index (χ4n) is 1.71. The molecule has 1 aromatic rings. The lowest BCUT2D eigenvalue weighted by molar-refractivity contribution is -0.145. The number of benzene rings is 1. The first-order valence-electron chi connectivity index (χ1n) is 6.04. The molecule has 0 bridgehead atoms. The monoisotopic (exact) mass is 236 g/mol. The maximum Gasteiger partial charge on any atom is 0.344 e. The van der Waals surface area contributed by atoms with Crippen LogP contribution in [0, 0.1) is 0 Å². The number of hydrogen-bond acceptors (Lipinski definition) is 2. The van der Waals surface area contributed by atoms with Crippen molar-refractivity contribution in [2.75, 3.05) is 0 Å². The van der Waals surface area contributed by atoms with Crippen molar-refractivity contribution in [3.8, 4) is 5.75 Å². The van der Waals surface area contributed by atoms with E-state index in [1.165, 1.54) is 0 Å². The number of carbonyl (C=O) groups is 1. The van der Waals surface area contributed by atoms with Crippen LogP contribution in [0.15, 0.2) is 24.3 Å². The van der Waals surface area contributed by atoms with Crippen molar-refractivity contribution in [3.05, 3.63) is 29.8 Å².